The first-order valence-electron chi connectivity index (χ1n) is 5.89. The van der Waals surface area contributed by atoms with Gasteiger partial charge in [-0.25, -0.2) is 4.72 Å². The second kappa shape index (κ2) is 6.31. The minimum Gasteiger partial charge on any atom is -0.286 e. The first-order chi connectivity index (χ1) is 8.01. The molecule has 1 heterocycles. The minimum absolute atomic E-state index is 0.150. The molecule has 1 saturated heterocycles. The summed E-state index contributed by atoms with van der Waals surface area (Å²) in [5.41, 5.74) is 0. The van der Waals surface area contributed by atoms with Crippen LogP contribution in [0.4, 0.5) is 0 Å². The van der Waals surface area contributed by atoms with Crippen LogP contribution in [0.15, 0.2) is 0 Å². The molecule has 17 heavy (non-hydrogen) atoms. The summed E-state index contributed by atoms with van der Waals surface area (Å²) >= 11 is 0. The molecule has 1 atom stereocenters. The molecular formula is C10H20N4O2S. The van der Waals surface area contributed by atoms with E-state index in [2.05, 4.69) is 10.8 Å². The van der Waals surface area contributed by atoms with Crippen LogP contribution in [-0.2, 0) is 10.2 Å². The highest BCUT2D eigenvalue weighted by Gasteiger charge is 2.27. The Morgan fingerprint density at radius 1 is 1.35 bits per heavy atom. The molecule has 7 heteroatoms. The monoisotopic (exact) mass is 260 g/mol. The van der Waals surface area contributed by atoms with Crippen LogP contribution in [0.3, 0.4) is 0 Å². The van der Waals surface area contributed by atoms with E-state index in [1.807, 2.05) is 18.7 Å². The Hall–Kier alpha value is -0.680. The lowest BCUT2D eigenvalue weighted by Crippen LogP contribution is -2.53. The Morgan fingerprint density at radius 2 is 1.94 bits per heavy atom. The fourth-order valence-corrected chi connectivity index (χ4v) is 3.02. The molecule has 1 aliphatic heterocycles. The van der Waals surface area contributed by atoms with Gasteiger partial charge in [0.25, 0.3) is 10.2 Å². The van der Waals surface area contributed by atoms with Gasteiger partial charge in [-0.15, -0.1) is 0 Å². The topological polar surface area (TPSA) is 76.4 Å². The molecule has 1 unspecified atom stereocenters. The van der Waals surface area contributed by atoms with Gasteiger partial charge in [0.05, 0.1) is 12.1 Å². The lowest BCUT2D eigenvalue weighted by molar-refractivity contribution is 0.169. The third kappa shape index (κ3) is 3.92. The van der Waals surface area contributed by atoms with E-state index < -0.39 is 10.2 Å². The fraction of sp³-hybridized carbons (Fsp3) is 0.900. The second-order valence-corrected chi connectivity index (χ2v) is 5.89. The number of nitriles is 1. The maximum Gasteiger partial charge on any atom is 0.279 e. The maximum absolute atomic E-state index is 11.8. The molecule has 0 bridgehead atoms. The van der Waals surface area contributed by atoms with Crippen LogP contribution in [0.1, 0.15) is 20.3 Å². The highest BCUT2D eigenvalue weighted by Crippen LogP contribution is 2.08. The van der Waals surface area contributed by atoms with Crippen molar-refractivity contribution >= 4 is 10.2 Å². The molecule has 1 fully saturated rings. The third-order valence-electron chi connectivity index (χ3n) is 2.88. The molecule has 98 valence electrons. The Labute approximate surface area is 103 Å². The molecule has 0 aliphatic carbocycles. The SMILES string of the molecule is CCCNS(=O)(=O)N1CCN(C(C)C#N)CC1. The molecular weight excluding hydrogens is 240 g/mol. The van der Waals surface area contributed by atoms with Gasteiger partial charge < -0.3 is 0 Å². The number of hydrogen-bond donors (Lipinski definition) is 1. The van der Waals surface area contributed by atoms with E-state index in [1.165, 1.54) is 4.31 Å². The number of rotatable bonds is 5. The number of piperazine rings is 1. The van der Waals surface area contributed by atoms with Crippen LogP contribution in [-0.4, -0.2) is 56.4 Å². The Balaban J connectivity index is 2.49. The summed E-state index contributed by atoms with van der Waals surface area (Å²) in [6, 6.07) is 2.02. The van der Waals surface area contributed by atoms with Crippen molar-refractivity contribution in [2.75, 3.05) is 32.7 Å². The zero-order chi connectivity index (χ0) is 12.9. The van der Waals surface area contributed by atoms with Crippen LogP contribution < -0.4 is 4.72 Å². The Kier molecular flexibility index (Phi) is 5.33. The van der Waals surface area contributed by atoms with Gasteiger partial charge in [0.1, 0.15) is 0 Å². The van der Waals surface area contributed by atoms with Crippen molar-refractivity contribution in [3.05, 3.63) is 0 Å². The van der Waals surface area contributed by atoms with Crippen LogP contribution in [0.25, 0.3) is 0 Å². The van der Waals surface area contributed by atoms with Gasteiger partial charge in [0, 0.05) is 32.7 Å². The molecule has 0 aromatic heterocycles. The molecule has 1 rings (SSSR count). The Bertz CT molecular complexity index is 368. The van der Waals surface area contributed by atoms with Crippen LogP contribution in [0.5, 0.6) is 0 Å². The van der Waals surface area contributed by atoms with Gasteiger partial charge in [-0.05, 0) is 13.3 Å². The molecule has 1 N–H and O–H groups in total. The molecule has 6 nitrogen and oxygen atoms in total. The number of hydrogen-bond acceptors (Lipinski definition) is 4. The van der Waals surface area contributed by atoms with Crippen molar-refractivity contribution in [2.45, 2.75) is 26.3 Å². The molecule has 0 saturated carbocycles. The molecule has 0 aromatic carbocycles. The maximum atomic E-state index is 11.8. The molecule has 0 spiro atoms. The van der Waals surface area contributed by atoms with Gasteiger partial charge in [-0.2, -0.15) is 18.0 Å². The summed E-state index contributed by atoms with van der Waals surface area (Å²) in [5, 5.41) is 8.79. The smallest absolute Gasteiger partial charge is 0.279 e. The summed E-state index contributed by atoms with van der Waals surface area (Å²) in [6.45, 7) is 6.35. The normalized spacial score (nSPS) is 21.0. The highest BCUT2D eigenvalue weighted by molar-refractivity contribution is 7.87. The first kappa shape index (κ1) is 14.4. The van der Waals surface area contributed by atoms with Crippen LogP contribution in [0, 0.1) is 11.3 Å². The molecule has 1 aliphatic rings. The predicted octanol–water partition coefficient (Wildman–Crippen LogP) is -0.240. The molecule has 0 radical (unpaired) electrons. The average Bonchev–Trinajstić information content (AvgIpc) is 2.35. The molecule has 0 aromatic rings. The highest BCUT2D eigenvalue weighted by atomic mass is 32.2. The lowest BCUT2D eigenvalue weighted by Gasteiger charge is -2.35. The minimum atomic E-state index is -3.33. The summed E-state index contributed by atoms with van der Waals surface area (Å²) in [6.07, 6.45) is 0.782. The summed E-state index contributed by atoms with van der Waals surface area (Å²) < 4.78 is 27.6. The van der Waals surface area contributed by atoms with Crippen molar-refractivity contribution in [1.29, 1.82) is 5.26 Å². The third-order valence-corrected chi connectivity index (χ3v) is 4.50. The van der Waals surface area contributed by atoms with Crippen molar-refractivity contribution in [3.63, 3.8) is 0 Å². The van der Waals surface area contributed by atoms with E-state index in [-0.39, 0.29) is 6.04 Å². The van der Waals surface area contributed by atoms with Gasteiger partial charge in [-0.1, -0.05) is 6.92 Å². The fourth-order valence-electron chi connectivity index (χ4n) is 1.74. The van der Waals surface area contributed by atoms with Gasteiger partial charge >= 0.3 is 0 Å². The quantitative estimate of drug-likeness (QED) is 0.740. The lowest BCUT2D eigenvalue weighted by atomic mass is 10.2. The van der Waals surface area contributed by atoms with Crippen molar-refractivity contribution in [3.8, 4) is 6.07 Å². The largest absolute Gasteiger partial charge is 0.286 e. The van der Waals surface area contributed by atoms with Crippen molar-refractivity contribution in [1.82, 2.24) is 13.9 Å². The van der Waals surface area contributed by atoms with Crippen molar-refractivity contribution in [2.24, 2.45) is 0 Å². The van der Waals surface area contributed by atoms with Crippen LogP contribution in [0.2, 0.25) is 0 Å². The van der Waals surface area contributed by atoms with E-state index in [4.69, 9.17) is 5.26 Å². The van der Waals surface area contributed by atoms with E-state index >= 15 is 0 Å². The summed E-state index contributed by atoms with van der Waals surface area (Å²) in [7, 11) is -3.33. The van der Waals surface area contributed by atoms with E-state index in [9.17, 15) is 8.42 Å². The number of nitrogens with zero attached hydrogens (tertiary/aromatic N) is 3. The summed E-state index contributed by atoms with van der Waals surface area (Å²) in [4.78, 5) is 1.99. The van der Waals surface area contributed by atoms with E-state index in [0.29, 0.717) is 32.7 Å². The standard InChI is InChI=1S/C10H20N4O2S/c1-3-4-12-17(15,16)14-7-5-13(6-8-14)10(2)9-11/h10,12H,3-8H2,1-2H3. The average molecular weight is 260 g/mol. The second-order valence-electron chi connectivity index (χ2n) is 4.14. The van der Waals surface area contributed by atoms with Gasteiger partial charge in [-0.3, -0.25) is 4.90 Å². The molecule has 0 amide bonds. The van der Waals surface area contributed by atoms with Gasteiger partial charge in [0.2, 0.25) is 0 Å². The van der Waals surface area contributed by atoms with E-state index in [0.717, 1.165) is 6.42 Å². The zero-order valence-corrected chi connectivity index (χ0v) is 11.2. The first-order valence-corrected chi connectivity index (χ1v) is 7.33. The van der Waals surface area contributed by atoms with Crippen LogP contribution >= 0.6 is 0 Å². The predicted molar refractivity (Wildman–Crippen MR) is 65.4 cm³/mol. The van der Waals surface area contributed by atoms with Gasteiger partial charge in [0.15, 0.2) is 0 Å². The number of nitrogens with one attached hydrogen (secondary N) is 1. The van der Waals surface area contributed by atoms with Crippen molar-refractivity contribution < 1.29 is 8.42 Å². The zero-order valence-electron chi connectivity index (χ0n) is 10.4. The van der Waals surface area contributed by atoms with E-state index in [1.54, 1.807) is 0 Å². The Morgan fingerprint density at radius 3 is 2.41 bits per heavy atom. The summed E-state index contributed by atoms with van der Waals surface area (Å²) in [5.74, 6) is 0.